The van der Waals surface area contributed by atoms with Gasteiger partial charge in [-0.1, -0.05) is 13.8 Å². The van der Waals surface area contributed by atoms with Crippen LogP contribution in [0.15, 0.2) is 0 Å². The molecular formula is C11H21Cl2NO. The monoisotopic (exact) mass is 253 g/mol. The highest BCUT2D eigenvalue weighted by Gasteiger charge is 2.18. The Bertz CT molecular complexity index is 183. The zero-order valence-electron chi connectivity index (χ0n) is 9.96. The van der Waals surface area contributed by atoms with Gasteiger partial charge in [0.2, 0.25) is 5.91 Å². The van der Waals surface area contributed by atoms with Gasteiger partial charge in [-0.15, -0.1) is 23.2 Å². The number of alkyl halides is 2. The molecule has 0 saturated heterocycles. The van der Waals surface area contributed by atoms with E-state index < -0.39 is 0 Å². The number of nitrogens with zero attached hydrogens (tertiary/aromatic N) is 1. The quantitative estimate of drug-likeness (QED) is 0.667. The van der Waals surface area contributed by atoms with Gasteiger partial charge in [-0.25, -0.2) is 0 Å². The minimum atomic E-state index is -0.0310. The van der Waals surface area contributed by atoms with Crippen molar-refractivity contribution < 1.29 is 4.79 Å². The van der Waals surface area contributed by atoms with Gasteiger partial charge in [-0.2, -0.15) is 0 Å². The second-order valence-corrected chi connectivity index (χ2v) is 5.95. The molecule has 0 aliphatic rings. The van der Waals surface area contributed by atoms with E-state index >= 15 is 0 Å². The van der Waals surface area contributed by atoms with Crippen LogP contribution in [0, 0.1) is 5.92 Å². The first-order valence-electron chi connectivity index (χ1n) is 5.38. The third-order valence-corrected chi connectivity index (χ3v) is 2.16. The normalized spacial score (nSPS) is 15.1. The number of rotatable bonds is 6. The Kier molecular flexibility index (Phi) is 7.37. The van der Waals surface area contributed by atoms with Crippen molar-refractivity contribution in [3.63, 3.8) is 0 Å². The number of hydrogen-bond acceptors (Lipinski definition) is 1. The van der Waals surface area contributed by atoms with Crippen molar-refractivity contribution >= 4 is 29.1 Å². The number of carbonyl (C=O) groups is 1. The molecule has 15 heavy (non-hydrogen) atoms. The molecule has 4 heteroatoms. The van der Waals surface area contributed by atoms with E-state index in [-0.39, 0.29) is 16.7 Å². The van der Waals surface area contributed by atoms with Crippen molar-refractivity contribution in [1.82, 2.24) is 4.90 Å². The molecule has 0 aliphatic heterocycles. The van der Waals surface area contributed by atoms with Gasteiger partial charge >= 0.3 is 0 Å². The maximum Gasteiger partial charge on any atom is 0.222 e. The molecule has 0 rings (SSSR count). The van der Waals surface area contributed by atoms with Crippen LogP contribution in [-0.2, 0) is 4.79 Å². The van der Waals surface area contributed by atoms with Crippen molar-refractivity contribution in [3.8, 4) is 0 Å². The van der Waals surface area contributed by atoms with E-state index in [9.17, 15) is 4.79 Å². The summed E-state index contributed by atoms with van der Waals surface area (Å²) in [6.45, 7) is 8.98. The molecule has 0 aromatic carbocycles. The molecule has 2 nitrogen and oxygen atoms in total. The van der Waals surface area contributed by atoms with Crippen molar-refractivity contribution in [2.75, 3.05) is 13.1 Å². The second-order valence-electron chi connectivity index (χ2n) is 4.46. The molecule has 90 valence electrons. The Hall–Kier alpha value is 0.0500. The Morgan fingerprint density at radius 3 is 1.73 bits per heavy atom. The molecule has 0 aromatic rings. The third kappa shape index (κ3) is 7.92. The first kappa shape index (κ1) is 15.0. The van der Waals surface area contributed by atoms with Gasteiger partial charge in [0, 0.05) is 30.3 Å². The van der Waals surface area contributed by atoms with Crippen LogP contribution in [-0.4, -0.2) is 34.7 Å². The summed E-state index contributed by atoms with van der Waals surface area (Å²) in [5.74, 6) is 0.515. The van der Waals surface area contributed by atoms with Crippen LogP contribution in [0.5, 0.6) is 0 Å². The number of amides is 1. The summed E-state index contributed by atoms with van der Waals surface area (Å²) < 4.78 is 0. The minimum absolute atomic E-state index is 0.0310. The standard InChI is InChI=1S/C11H21Cl2NO/c1-8(2)5-11(15)14(6-9(3)12)7-10(4)13/h8-10H,5-7H2,1-4H3. The predicted octanol–water partition coefficient (Wildman–Crippen LogP) is 3.12. The summed E-state index contributed by atoms with van der Waals surface area (Å²) >= 11 is 11.8. The molecule has 0 aromatic heterocycles. The first-order valence-corrected chi connectivity index (χ1v) is 6.26. The molecule has 0 N–H and O–H groups in total. The third-order valence-electron chi connectivity index (χ3n) is 1.88. The molecule has 0 fully saturated rings. The predicted molar refractivity (Wildman–Crippen MR) is 66.7 cm³/mol. The lowest BCUT2D eigenvalue weighted by Crippen LogP contribution is -2.39. The molecule has 0 aliphatic carbocycles. The van der Waals surface area contributed by atoms with Gasteiger partial charge < -0.3 is 4.90 Å². The maximum atomic E-state index is 11.8. The maximum absolute atomic E-state index is 11.8. The largest absolute Gasteiger partial charge is 0.340 e. The highest BCUT2D eigenvalue weighted by Crippen LogP contribution is 2.09. The van der Waals surface area contributed by atoms with Crippen LogP contribution < -0.4 is 0 Å². The lowest BCUT2D eigenvalue weighted by atomic mass is 10.1. The molecule has 0 radical (unpaired) electrons. The van der Waals surface area contributed by atoms with E-state index in [4.69, 9.17) is 23.2 Å². The molecule has 1 amide bonds. The van der Waals surface area contributed by atoms with E-state index in [0.717, 1.165) is 0 Å². The average Bonchev–Trinajstić information content (AvgIpc) is 1.99. The molecule has 0 bridgehead atoms. The van der Waals surface area contributed by atoms with Gasteiger partial charge in [0.25, 0.3) is 0 Å². The molecular weight excluding hydrogens is 233 g/mol. The van der Waals surface area contributed by atoms with Crippen LogP contribution in [0.4, 0.5) is 0 Å². The zero-order valence-corrected chi connectivity index (χ0v) is 11.5. The van der Waals surface area contributed by atoms with Crippen molar-refractivity contribution in [3.05, 3.63) is 0 Å². The van der Waals surface area contributed by atoms with Crippen molar-refractivity contribution in [2.24, 2.45) is 5.92 Å². The summed E-state index contributed by atoms with van der Waals surface area (Å²) in [5, 5.41) is -0.0620. The first-order chi connectivity index (χ1) is 6.82. The van der Waals surface area contributed by atoms with Gasteiger partial charge in [0.1, 0.15) is 0 Å². The molecule has 2 unspecified atom stereocenters. The number of halogens is 2. The number of carbonyl (C=O) groups excluding carboxylic acids is 1. The Morgan fingerprint density at radius 1 is 1.07 bits per heavy atom. The Labute approximate surface area is 103 Å². The topological polar surface area (TPSA) is 20.3 Å². The fourth-order valence-electron chi connectivity index (χ4n) is 1.36. The number of hydrogen-bond donors (Lipinski definition) is 0. The SMILES string of the molecule is CC(C)CC(=O)N(CC(C)Cl)CC(C)Cl. The molecule has 0 heterocycles. The average molecular weight is 254 g/mol. The molecule has 2 atom stereocenters. The summed E-state index contributed by atoms with van der Waals surface area (Å²) in [6.07, 6.45) is 0.563. The summed E-state index contributed by atoms with van der Waals surface area (Å²) in [7, 11) is 0. The molecule has 0 spiro atoms. The summed E-state index contributed by atoms with van der Waals surface area (Å²) in [6, 6.07) is 0. The van der Waals surface area contributed by atoms with E-state index in [0.29, 0.717) is 25.4 Å². The van der Waals surface area contributed by atoms with Gasteiger partial charge in [-0.05, 0) is 19.8 Å². The van der Waals surface area contributed by atoms with Gasteiger partial charge in [-0.3, -0.25) is 4.79 Å². The van der Waals surface area contributed by atoms with Crippen LogP contribution in [0.3, 0.4) is 0 Å². The minimum Gasteiger partial charge on any atom is -0.340 e. The van der Waals surface area contributed by atoms with E-state index in [1.54, 1.807) is 4.90 Å². The van der Waals surface area contributed by atoms with Crippen LogP contribution in [0.1, 0.15) is 34.1 Å². The van der Waals surface area contributed by atoms with Gasteiger partial charge in [0.05, 0.1) is 0 Å². The highest BCUT2D eigenvalue weighted by molar-refractivity contribution is 6.21. The Morgan fingerprint density at radius 2 is 1.47 bits per heavy atom. The summed E-state index contributed by atoms with van der Waals surface area (Å²) in [4.78, 5) is 13.6. The van der Waals surface area contributed by atoms with E-state index in [1.807, 2.05) is 27.7 Å². The second kappa shape index (κ2) is 7.34. The fraction of sp³-hybridized carbons (Fsp3) is 0.909. The lowest BCUT2D eigenvalue weighted by molar-refractivity contribution is -0.132. The fourth-order valence-corrected chi connectivity index (χ4v) is 1.70. The molecule has 0 saturated carbocycles. The van der Waals surface area contributed by atoms with Crippen LogP contribution in [0.2, 0.25) is 0 Å². The Balaban J connectivity index is 4.27. The summed E-state index contributed by atoms with van der Waals surface area (Å²) in [5.41, 5.74) is 0. The van der Waals surface area contributed by atoms with Crippen LogP contribution >= 0.6 is 23.2 Å². The van der Waals surface area contributed by atoms with E-state index in [1.165, 1.54) is 0 Å². The smallest absolute Gasteiger partial charge is 0.222 e. The zero-order chi connectivity index (χ0) is 12.0. The lowest BCUT2D eigenvalue weighted by Gasteiger charge is -2.25. The van der Waals surface area contributed by atoms with Crippen LogP contribution in [0.25, 0.3) is 0 Å². The van der Waals surface area contributed by atoms with Crippen molar-refractivity contribution in [2.45, 2.75) is 44.9 Å². The van der Waals surface area contributed by atoms with Gasteiger partial charge in [0.15, 0.2) is 0 Å². The van der Waals surface area contributed by atoms with E-state index in [2.05, 4.69) is 0 Å². The van der Waals surface area contributed by atoms with Crippen molar-refractivity contribution in [1.29, 1.82) is 0 Å². The highest BCUT2D eigenvalue weighted by atomic mass is 35.5.